The van der Waals surface area contributed by atoms with Gasteiger partial charge in [-0.1, -0.05) is 45.0 Å². The first-order valence-corrected chi connectivity index (χ1v) is 10.8. The number of nitrogens with one attached hydrogen (secondary N) is 1. The zero-order valence-corrected chi connectivity index (χ0v) is 16.8. The van der Waals surface area contributed by atoms with E-state index in [-0.39, 0.29) is 11.5 Å². The van der Waals surface area contributed by atoms with Crippen LogP contribution in [0.15, 0.2) is 53.4 Å². The van der Waals surface area contributed by atoms with Crippen molar-refractivity contribution in [1.29, 1.82) is 0 Å². The summed E-state index contributed by atoms with van der Waals surface area (Å²) in [5, 5.41) is 0. The van der Waals surface area contributed by atoms with Crippen LogP contribution in [0.25, 0.3) is 11.0 Å². The standard InChI is InChI=1S/C21H25N3O2S/c1-21(2,3)15-10-12-16(13-11-15)27(25,26)24-14-6-9-19(24)20-22-17-7-4-5-8-18(17)23-20/h4-5,7-8,10-13,19H,6,9,14H2,1-3H3,(H,22,23)/t19-/m1/s1. The van der Waals surface area contributed by atoms with Crippen molar-refractivity contribution >= 4 is 21.1 Å². The predicted molar refractivity (Wildman–Crippen MR) is 107 cm³/mol. The fourth-order valence-corrected chi connectivity index (χ4v) is 5.35. The molecule has 1 fully saturated rings. The van der Waals surface area contributed by atoms with Gasteiger partial charge in [-0.2, -0.15) is 4.31 Å². The highest BCUT2D eigenvalue weighted by atomic mass is 32.2. The van der Waals surface area contributed by atoms with Gasteiger partial charge in [0.1, 0.15) is 5.82 Å². The number of H-pyrrole nitrogens is 1. The third-order valence-electron chi connectivity index (χ3n) is 5.25. The Morgan fingerprint density at radius 2 is 1.78 bits per heavy atom. The van der Waals surface area contributed by atoms with E-state index in [4.69, 9.17) is 0 Å². The zero-order valence-electron chi connectivity index (χ0n) is 15.9. The Morgan fingerprint density at radius 1 is 1.07 bits per heavy atom. The molecule has 4 rings (SSSR count). The molecule has 1 aliphatic rings. The number of benzene rings is 2. The van der Waals surface area contributed by atoms with Crippen LogP contribution in [-0.4, -0.2) is 29.2 Å². The SMILES string of the molecule is CC(C)(C)c1ccc(S(=O)(=O)N2CCC[C@@H]2c2nc3ccccc3[nH]2)cc1. The highest BCUT2D eigenvalue weighted by Gasteiger charge is 2.37. The number of rotatable bonds is 3. The summed E-state index contributed by atoms with van der Waals surface area (Å²) in [4.78, 5) is 8.29. The van der Waals surface area contributed by atoms with E-state index in [0.717, 1.165) is 35.3 Å². The number of hydrogen-bond acceptors (Lipinski definition) is 3. The van der Waals surface area contributed by atoms with E-state index in [1.165, 1.54) is 0 Å². The molecule has 0 aliphatic carbocycles. The monoisotopic (exact) mass is 383 g/mol. The fourth-order valence-electron chi connectivity index (χ4n) is 3.69. The second kappa shape index (κ2) is 6.46. The minimum Gasteiger partial charge on any atom is -0.341 e. The fraction of sp³-hybridized carbons (Fsp3) is 0.381. The van der Waals surface area contributed by atoms with Crippen LogP contribution in [-0.2, 0) is 15.4 Å². The number of nitrogens with zero attached hydrogens (tertiary/aromatic N) is 2. The van der Waals surface area contributed by atoms with Crippen LogP contribution in [0.4, 0.5) is 0 Å². The number of aromatic nitrogens is 2. The van der Waals surface area contributed by atoms with E-state index >= 15 is 0 Å². The minimum absolute atomic E-state index is 0.00720. The molecular weight excluding hydrogens is 358 g/mol. The van der Waals surface area contributed by atoms with Gasteiger partial charge in [-0.05, 0) is 48.1 Å². The Bertz CT molecular complexity index is 1030. The molecule has 1 saturated heterocycles. The summed E-state index contributed by atoms with van der Waals surface area (Å²) >= 11 is 0. The Morgan fingerprint density at radius 3 is 2.44 bits per heavy atom. The van der Waals surface area contributed by atoms with E-state index in [1.807, 2.05) is 36.4 Å². The number of hydrogen-bond donors (Lipinski definition) is 1. The second-order valence-electron chi connectivity index (χ2n) is 8.19. The maximum atomic E-state index is 13.3. The summed E-state index contributed by atoms with van der Waals surface area (Å²) in [5.74, 6) is 0.726. The van der Waals surface area contributed by atoms with Crippen LogP contribution < -0.4 is 0 Å². The molecule has 2 aromatic carbocycles. The van der Waals surface area contributed by atoms with E-state index in [2.05, 4.69) is 30.7 Å². The average Bonchev–Trinajstić information content (AvgIpc) is 3.28. The molecule has 5 nitrogen and oxygen atoms in total. The summed E-state index contributed by atoms with van der Waals surface area (Å²) in [7, 11) is -3.56. The van der Waals surface area contributed by atoms with Crippen molar-refractivity contribution in [2.24, 2.45) is 0 Å². The molecule has 3 aromatic rings. The van der Waals surface area contributed by atoms with Crippen molar-refractivity contribution in [3.05, 3.63) is 59.9 Å². The van der Waals surface area contributed by atoms with E-state index in [1.54, 1.807) is 16.4 Å². The highest BCUT2D eigenvalue weighted by molar-refractivity contribution is 7.89. The lowest BCUT2D eigenvalue weighted by atomic mass is 9.87. The van der Waals surface area contributed by atoms with Gasteiger partial charge >= 0.3 is 0 Å². The van der Waals surface area contributed by atoms with E-state index < -0.39 is 10.0 Å². The van der Waals surface area contributed by atoms with Crippen LogP contribution in [0.2, 0.25) is 0 Å². The van der Waals surface area contributed by atoms with Gasteiger partial charge in [0.2, 0.25) is 10.0 Å². The third-order valence-corrected chi connectivity index (χ3v) is 7.18. The van der Waals surface area contributed by atoms with Crippen LogP contribution in [0.5, 0.6) is 0 Å². The van der Waals surface area contributed by atoms with Gasteiger partial charge in [0.15, 0.2) is 0 Å². The largest absolute Gasteiger partial charge is 0.341 e. The number of sulfonamides is 1. The van der Waals surface area contributed by atoms with Crippen molar-refractivity contribution in [2.75, 3.05) is 6.54 Å². The molecule has 0 radical (unpaired) electrons. The number of aromatic amines is 1. The Kier molecular flexibility index (Phi) is 4.35. The molecule has 1 aromatic heterocycles. The van der Waals surface area contributed by atoms with Crippen molar-refractivity contribution in [2.45, 2.75) is 50.0 Å². The molecule has 0 spiro atoms. The van der Waals surface area contributed by atoms with Gasteiger partial charge < -0.3 is 4.98 Å². The first kappa shape index (κ1) is 18.2. The van der Waals surface area contributed by atoms with Crippen LogP contribution in [0, 0.1) is 0 Å². The molecule has 0 saturated carbocycles. The minimum atomic E-state index is -3.56. The van der Waals surface area contributed by atoms with E-state index in [0.29, 0.717) is 11.4 Å². The molecule has 142 valence electrons. The Hall–Kier alpha value is -2.18. The van der Waals surface area contributed by atoms with Crippen LogP contribution >= 0.6 is 0 Å². The third kappa shape index (κ3) is 3.28. The molecule has 1 atom stereocenters. The van der Waals surface area contributed by atoms with Gasteiger partial charge in [0.05, 0.1) is 22.0 Å². The first-order chi connectivity index (χ1) is 12.8. The average molecular weight is 384 g/mol. The smallest absolute Gasteiger partial charge is 0.243 e. The summed E-state index contributed by atoms with van der Waals surface area (Å²) in [5.41, 5.74) is 2.92. The van der Waals surface area contributed by atoms with Crippen molar-refractivity contribution in [1.82, 2.24) is 14.3 Å². The lowest BCUT2D eigenvalue weighted by Gasteiger charge is -2.24. The van der Waals surface area contributed by atoms with Crippen molar-refractivity contribution in [3.8, 4) is 0 Å². The number of fused-ring (bicyclic) bond motifs is 1. The molecule has 1 N–H and O–H groups in total. The predicted octanol–water partition coefficient (Wildman–Crippen LogP) is 4.39. The summed E-state index contributed by atoms with van der Waals surface area (Å²) in [6, 6.07) is 14.8. The molecule has 0 amide bonds. The van der Waals surface area contributed by atoms with Crippen molar-refractivity contribution in [3.63, 3.8) is 0 Å². The number of imidazole rings is 1. The molecule has 1 aliphatic heterocycles. The lowest BCUT2D eigenvalue weighted by Crippen LogP contribution is -2.31. The number of para-hydroxylation sites is 2. The van der Waals surface area contributed by atoms with Crippen LogP contribution in [0.1, 0.15) is 51.0 Å². The van der Waals surface area contributed by atoms with Gasteiger partial charge in [-0.25, -0.2) is 13.4 Å². The molecule has 0 unspecified atom stereocenters. The zero-order chi connectivity index (χ0) is 19.2. The maximum absolute atomic E-state index is 13.3. The Balaban J connectivity index is 1.68. The highest BCUT2D eigenvalue weighted by Crippen LogP contribution is 2.36. The Labute approximate surface area is 160 Å². The summed E-state index contributed by atoms with van der Waals surface area (Å²) in [6.07, 6.45) is 1.61. The molecule has 6 heteroatoms. The molecule has 27 heavy (non-hydrogen) atoms. The van der Waals surface area contributed by atoms with Crippen LogP contribution in [0.3, 0.4) is 0 Å². The quantitative estimate of drug-likeness (QED) is 0.730. The van der Waals surface area contributed by atoms with Gasteiger partial charge in [-0.15, -0.1) is 0 Å². The van der Waals surface area contributed by atoms with Gasteiger partial charge in [0.25, 0.3) is 0 Å². The molecular formula is C21H25N3O2S. The van der Waals surface area contributed by atoms with Crippen molar-refractivity contribution < 1.29 is 8.42 Å². The molecule has 2 heterocycles. The van der Waals surface area contributed by atoms with E-state index in [9.17, 15) is 8.42 Å². The lowest BCUT2D eigenvalue weighted by molar-refractivity contribution is 0.385. The summed E-state index contributed by atoms with van der Waals surface area (Å²) < 4.78 is 28.2. The maximum Gasteiger partial charge on any atom is 0.243 e. The topological polar surface area (TPSA) is 66.1 Å². The summed E-state index contributed by atoms with van der Waals surface area (Å²) in [6.45, 7) is 6.88. The van der Waals surface area contributed by atoms with Gasteiger partial charge in [0, 0.05) is 6.54 Å². The molecule has 0 bridgehead atoms. The normalized spacial score (nSPS) is 19.0. The van der Waals surface area contributed by atoms with Gasteiger partial charge in [-0.3, -0.25) is 0 Å². The first-order valence-electron chi connectivity index (χ1n) is 9.34. The second-order valence-corrected chi connectivity index (χ2v) is 10.1.